The fourth-order valence-electron chi connectivity index (χ4n) is 4.88. The number of methoxy groups -OCH3 is 1. The monoisotopic (exact) mass is 604 g/mol. The first-order valence-corrected chi connectivity index (χ1v) is 14.4. The van der Waals surface area contributed by atoms with Gasteiger partial charge < -0.3 is 23.7 Å². The minimum Gasteiger partial charge on any atom is -0.496 e. The van der Waals surface area contributed by atoms with E-state index >= 15 is 0 Å². The molecule has 0 amide bonds. The van der Waals surface area contributed by atoms with Crippen molar-refractivity contribution in [3.05, 3.63) is 53.6 Å². The van der Waals surface area contributed by atoms with Crippen molar-refractivity contribution in [2.45, 2.75) is 53.4 Å². The van der Waals surface area contributed by atoms with Gasteiger partial charge in [-0.15, -0.1) is 24.7 Å². The van der Waals surface area contributed by atoms with Crippen LogP contribution in [0.15, 0.2) is 42.5 Å². The number of esters is 4. The van der Waals surface area contributed by atoms with Gasteiger partial charge in [-0.2, -0.15) is 0 Å². The molecule has 2 aromatic carbocycles. The third-order valence-corrected chi connectivity index (χ3v) is 7.04. The predicted molar refractivity (Wildman–Crippen MR) is 164 cm³/mol. The van der Waals surface area contributed by atoms with Crippen molar-refractivity contribution in [2.24, 2.45) is 10.8 Å². The zero-order chi connectivity index (χ0) is 32.8. The zero-order valence-electron chi connectivity index (χ0n) is 26.0. The van der Waals surface area contributed by atoms with Crippen LogP contribution in [0.2, 0.25) is 0 Å². The zero-order valence-corrected chi connectivity index (χ0v) is 26.0. The highest BCUT2D eigenvalue weighted by Crippen LogP contribution is 2.37. The fourth-order valence-corrected chi connectivity index (χ4v) is 4.88. The summed E-state index contributed by atoms with van der Waals surface area (Å²) in [6.45, 7) is 6.87. The second kappa shape index (κ2) is 16.8. The molecule has 0 saturated carbocycles. The Morgan fingerprint density at radius 2 is 1.05 bits per heavy atom. The van der Waals surface area contributed by atoms with Crippen LogP contribution in [0.3, 0.4) is 0 Å². The Hall–Kier alpha value is -4.76. The molecule has 234 valence electrons. The Bertz CT molecular complexity index is 1360. The lowest BCUT2D eigenvalue weighted by molar-refractivity contribution is -0.173. The Balaban J connectivity index is 2.55. The molecule has 0 unspecified atom stereocenters. The van der Waals surface area contributed by atoms with Crippen LogP contribution >= 0.6 is 0 Å². The molecule has 2 aromatic rings. The van der Waals surface area contributed by atoms with E-state index in [0.717, 1.165) is 11.1 Å². The van der Waals surface area contributed by atoms with Crippen LogP contribution in [-0.2, 0) is 51.0 Å². The predicted octanol–water partition coefficient (Wildman–Crippen LogP) is 4.72. The highest BCUT2D eigenvalue weighted by molar-refractivity contribution is 6.01. The van der Waals surface area contributed by atoms with Crippen molar-refractivity contribution < 1.29 is 42.9 Å². The largest absolute Gasteiger partial charge is 0.496 e. The molecule has 0 aliphatic rings. The molecule has 0 aliphatic carbocycles. The van der Waals surface area contributed by atoms with Crippen LogP contribution in [0.5, 0.6) is 5.75 Å². The average Bonchev–Trinajstić information content (AvgIpc) is 3.01. The van der Waals surface area contributed by atoms with Crippen molar-refractivity contribution in [2.75, 3.05) is 33.5 Å². The lowest BCUT2D eigenvalue weighted by Crippen LogP contribution is -2.44. The van der Waals surface area contributed by atoms with Gasteiger partial charge in [0.2, 0.25) is 0 Å². The molecule has 2 rings (SSSR count). The van der Waals surface area contributed by atoms with Crippen molar-refractivity contribution in [1.82, 2.24) is 0 Å². The molecular weight excluding hydrogens is 564 g/mol. The highest BCUT2D eigenvalue weighted by Gasteiger charge is 2.50. The van der Waals surface area contributed by atoms with Crippen LogP contribution in [0.4, 0.5) is 0 Å². The van der Waals surface area contributed by atoms with Crippen molar-refractivity contribution in [3.8, 4) is 41.6 Å². The van der Waals surface area contributed by atoms with Gasteiger partial charge in [-0.05, 0) is 62.1 Å². The first-order chi connectivity index (χ1) is 21.1. The summed E-state index contributed by atoms with van der Waals surface area (Å²) in [6, 6.07) is 12.6. The van der Waals surface area contributed by atoms with Gasteiger partial charge in [-0.25, -0.2) is 0 Å². The van der Waals surface area contributed by atoms with Gasteiger partial charge in [0.1, 0.15) is 5.75 Å². The van der Waals surface area contributed by atoms with E-state index in [9.17, 15) is 19.2 Å². The number of hydrogen-bond acceptors (Lipinski definition) is 9. The van der Waals surface area contributed by atoms with E-state index in [2.05, 4.69) is 11.8 Å². The average molecular weight is 605 g/mol. The number of rotatable bonds is 16. The van der Waals surface area contributed by atoms with Gasteiger partial charge in [-0.3, -0.25) is 19.2 Å². The van der Waals surface area contributed by atoms with E-state index in [4.69, 9.17) is 36.5 Å². The Labute approximate surface area is 259 Å². The van der Waals surface area contributed by atoms with Crippen LogP contribution in [0, 0.1) is 35.5 Å². The van der Waals surface area contributed by atoms with Crippen LogP contribution < -0.4 is 4.74 Å². The quantitative estimate of drug-likeness (QED) is 0.116. The fraction of sp³-hybridized carbons (Fsp3) is 0.429. The van der Waals surface area contributed by atoms with Crippen molar-refractivity contribution >= 4 is 23.9 Å². The third kappa shape index (κ3) is 7.99. The van der Waals surface area contributed by atoms with Crippen LogP contribution in [-0.4, -0.2) is 57.4 Å². The number of terminal acetylenes is 2. The number of carbonyl (C=O) groups excluding carboxylic acids is 4. The molecule has 0 aliphatic heterocycles. The lowest BCUT2D eigenvalue weighted by atomic mass is 9.77. The van der Waals surface area contributed by atoms with Gasteiger partial charge in [0, 0.05) is 25.7 Å². The molecule has 0 spiro atoms. The molecule has 0 radical (unpaired) electrons. The number of carbonyl (C=O) groups is 4. The number of hydrogen-bond donors (Lipinski definition) is 0. The smallest absolute Gasteiger partial charge is 0.324 e. The molecule has 9 nitrogen and oxygen atoms in total. The summed E-state index contributed by atoms with van der Waals surface area (Å²) in [6.07, 6.45) is 10.6. The molecule has 0 heterocycles. The maximum Gasteiger partial charge on any atom is 0.324 e. The second-order valence-corrected chi connectivity index (χ2v) is 9.88. The topological polar surface area (TPSA) is 114 Å². The van der Waals surface area contributed by atoms with Crippen LogP contribution in [0.1, 0.15) is 51.7 Å². The van der Waals surface area contributed by atoms with Gasteiger partial charge in [0.25, 0.3) is 0 Å². The molecule has 44 heavy (non-hydrogen) atoms. The maximum absolute atomic E-state index is 13.2. The summed E-state index contributed by atoms with van der Waals surface area (Å²) >= 11 is 0. The molecule has 0 saturated heterocycles. The highest BCUT2D eigenvalue weighted by atomic mass is 16.6. The number of benzene rings is 2. The maximum atomic E-state index is 13.2. The standard InChI is InChI=1S/C35H40O9/c1-8-20-34(30(36)41-10-3,31(37)42-11-4)23-25-14-16-26(17-15-25)27-18-19-29(40-7)28(22-27)24-35(21-9-2,32(38)43-12-5)33(39)44-13-6/h1-2,14-19,22H,10-13,20-21,23-24H2,3-7H3. The van der Waals surface area contributed by atoms with E-state index in [1.54, 1.807) is 52.0 Å². The molecule has 0 bridgehead atoms. The van der Waals surface area contributed by atoms with E-state index in [1.165, 1.54) is 7.11 Å². The van der Waals surface area contributed by atoms with E-state index in [1.807, 2.05) is 18.2 Å². The summed E-state index contributed by atoms with van der Waals surface area (Å²) < 4.78 is 26.5. The summed E-state index contributed by atoms with van der Waals surface area (Å²) in [5, 5.41) is 0. The number of ether oxygens (including phenoxy) is 5. The third-order valence-electron chi connectivity index (χ3n) is 7.04. The lowest BCUT2D eigenvalue weighted by Gasteiger charge is -2.28. The van der Waals surface area contributed by atoms with E-state index in [-0.39, 0.29) is 52.1 Å². The first kappa shape index (κ1) is 35.4. The minimum absolute atomic E-state index is 0.0172. The molecule has 0 N–H and O–H groups in total. The van der Waals surface area contributed by atoms with Crippen molar-refractivity contribution in [3.63, 3.8) is 0 Å². The van der Waals surface area contributed by atoms with Crippen LogP contribution in [0.25, 0.3) is 11.1 Å². The second-order valence-electron chi connectivity index (χ2n) is 9.88. The van der Waals surface area contributed by atoms with E-state index in [0.29, 0.717) is 16.9 Å². The summed E-state index contributed by atoms with van der Waals surface area (Å²) in [5.41, 5.74) is -0.713. The molecular formula is C35H40O9. The minimum atomic E-state index is -1.77. The summed E-state index contributed by atoms with van der Waals surface area (Å²) in [7, 11) is 1.49. The van der Waals surface area contributed by atoms with Gasteiger partial charge in [0.15, 0.2) is 10.8 Å². The molecule has 0 fully saturated rings. The summed E-state index contributed by atoms with van der Waals surface area (Å²) in [4.78, 5) is 52.3. The van der Waals surface area contributed by atoms with Gasteiger partial charge in [0.05, 0.1) is 33.5 Å². The van der Waals surface area contributed by atoms with E-state index < -0.39 is 34.7 Å². The normalized spacial score (nSPS) is 11.0. The Kier molecular flexibility index (Phi) is 13.5. The summed E-state index contributed by atoms with van der Waals surface area (Å²) in [5.74, 6) is 2.30. The Morgan fingerprint density at radius 1 is 0.636 bits per heavy atom. The SMILES string of the molecule is C#CCC(Cc1ccc(-c2ccc(OC)c(CC(CC#C)(C(=O)OCC)C(=O)OCC)c2)cc1)(C(=O)OCC)C(=O)OCC. The molecule has 9 heteroatoms. The molecule has 0 atom stereocenters. The first-order valence-electron chi connectivity index (χ1n) is 14.4. The van der Waals surface area contributed by atoms with Crippen molar-refractivity contribution in [1.29, 1.82) is 0 Å². The van der Waals surface area contributed by atoms with Gasteiger partial charge >= 0.3 is 23.9 Å². The Morgan fingerprint density at radius 3 is 1.43 bits per heavy atom. The molecule has 0 aromatic heterocycles. The van der Waals surface area contributed by atoms with Gasteiger partial charge in [-0.1, -0.05) is 30.3 Å².